The average molecular weight is 223 g/mol. The highest BCUT2D eigenvalue weighted by Crippen LogP contribution is 2.38. The van der Waals surface area contributed by atoms with E-state index in [1.165, 1.54) is 12.8 Å². The number of hydrogen-bond acceptors (Lipinski definition) is 3. The van der Waals surface area contributed by atoms with Gasteiger partial charge in [0, 0.05) is 10.9 Å². The Morgan fingerprint density at radius 1 is 1.35 bits per heavy atom. The van der Waals surface area contributed by atoms with Crippen molar-refractivity contribution in [2.45, 2.75) is 25.3 Å². The second-order valence-electron chi connectivity index (χ2n) is 4.87. The molecule has 3 rings (SSSR count). The third kappa shape index (κ3) is 1.83. The van der Waals surface area contributed by atoms with Crippen LogP contribution in [0.15, 0.2) is 30.3 Å². The topological polar surface area (TPSA) is 48.7 Å². The number of anilines is 1. The largest absolute Gasteiger partial charge is 0.365 e. The molecule has 0 unspecified atom stereocenters. The summed E-state index contributed by atoms with van der Waals surface area (Å²) in [5.74, 6) is 0.806. The van der Waals surface area contributed by atoms with Gasteiger partial charge in [-0.2, -0.15) is 5.26 Å². The fourth-order valence-electron chi connectivity index (χ4n) is 1.95. The predicted molar refractivity (Wildman–Crippen MR) is 67.7 cm³/mol. The van der Waals surface area contributed by atoms with Crippen LogP contribution < -0.4 is 5.32 Å². The minimum Gasteiger partial charge on any atom is -0.365 e. The van der Waals surface area contributed by atoms with Crippen LogP contribution in [0.3, 0.4) is 0 Å². The van der Waals surface area contributed by atoms with Gasteiger partial charge in [-0.1, -0.05) is 18.2 Å². The van der Waals surface area contributed by atoms with Gasteiger partial charge in [0.15, 0.2) is 0 Å². The van der Waals surface area contributed by atoms with Crippen LogP contribution in [0, 0.1) is 11.3 Å². The lowest BCUT2D eigenvalue weighted by Crippen LogP contribution is -2.16. The van der Waals surface area contributed by atoms with E-state index in [2.05, 4.69) is 23.3 Å². The Bertz CT molecular complexity index is 621. The SMILES string of the molecule is CC1(Nc2cc(C#N)c3ccccc3n2)CC1. The quantitative estimate of drug-likeness (QED) is 0.851. The minimum absolute atomic E-state index is 0.183. The number of nitrogens with zero attached hydrogens (tertiary/aromatic N) is 2. The van der Waals surface area contributed by atoms with E-state index in [4.69, 9.17) is 5.26 Å². The molecule has 1 aromatic heterocycles. The zero-order chi connectivity index (χ0) is 11.9. The number of pyridine rings is 1. The van der Waals surface area contributed by atoms with Crippen molar-refractivity contribution in [2.75, 3.05) is 5.32 Å². The smallest absolute Gasteiger partial charge is 0.128 e. The van der Waals surface area contributed by atoms with Gasteiger partial charge in [0.25, 0.3) is 0 Å². The van der Waals surface area contributed by atoms with Crippen molar-refractivity contribution < 1.29 is 0 Å². The first-order chi connectivity index (χ1) is 8.20. The molecule has 3 nitrogen and oxygen atoms in total. The molecule has 84 valence electrons. The fourth-order valence-corrected chi connectivity index (χ4v) is 1.95. The number of nitrogens with one attached hydrogen (secondary N) is 1. The summed E-state index contributed by atoms with van der Waals surface area (Å²) in [4.78, 5) is 4.55. The number of rotatable bonds is 2. The average Bonchev–Trinajstić information content (AvgIpc) is 3.05. The van der Waals surface area contributed by atoms with Crippen LogP contribution in [0.25, 0.3) is 10.9 Å². The molecule has 0 spiro atoms. The second-order valence-corrected chi connectivity index (χ2v) is 4.87. The Hall–Kier alpha value is -2.08. The van der Waals surface area contributed by atoms with Gasteiger partial charge in [0.2, 0.25) is 0 Å². The molecular weight excluding hydrogens is 210 g/mol. The molecule has 17 heavy (non-hydrogen) atoms. The van der Waals surface area contributed by atoms with E-state index in [9.17, 15) is 0 Å². The van der Waals surface area contributed by atoms with Gasteiger partial charge >= 0.3 is 0 Å². The first-order valence-corrected chi connectivity index (χ1v) is 5.78. The monoisotopic (exact) mass is 223 g/mol. The summed E-state index contributed by atoms with van der Waals surface area (Å²) in [5, 5.41) is 13.5. The van der Waals surface area contributed by atoms with E-state index < -0.39 is 0 Å². The van der Waals surface area contributed by atoms with Crippen LogP contribution in [0.2, 0.25) is 0 Å². The molecule has 1 aromatic carbocycles. The van der Waals surface area contributed by atoms with E-state index in [1.807, 2.05) is 30.3 Å². The molecule has 0 bridgehead atoms. The van der Waals surface area contributed by atoms with Crippen LogP contribution in [-0.2, 0) is 0 Å². The third-order valence-corrected chi connectivity index (χ3v) is 3.27. The maximum Gasteiger partial charge on any atom is 0.128 e. The molecular formula is C14H13N3. The molecule has 0 saturated heterocycles. The Morgan fingerprint density at radius 2 is 2.12 bits per heavy atom. The maximum atomic E-state index is 9.17. The molecule has 2 aromatic rings. The van der Waals surface area contributed by atoms with E-state index in [-0.39, 0.29) is 5.54 Å². The van der Waals surface area contributed by atoms with Crippen LogP contribution in [0.5, 0.6) is 0 Å². The molecule has 1 fully saturated rings. The zero-order valence-corrected chi connectivity index (χ0v) is 9.70. The fraction of sp³-hybridized carbons (Fsp3) is 0.286. The van der Waals surface area contributed by atoms with Gasteiger partial charge in [0.1, 0.15) is 5.82 Å². The van der Waals surface area contributed by atoms with Gasteiger partial charge in [0.05, 0.1) is 17.1 Å². The summed E-state index contributed by atoms with van der Waals surface area (Å²) >= 11 is 0. The van der Waals surface area contributed by atoms with E-state index in [0.29, 0.717) is 5.56 Å². The predicted octanol–water partition coefficient (Wildman–Crippen LogP) is 3.07. The van der Waals surface area contributed by atoms with Crippen LogP contribution >= 0.6 is 0 Å². The molecule has 3 heteroatoms. The highest BCUT2D eigenvalue weighted by molar-refractivity contribution is 5.86. The van der Waals surface area contributed by atoms with Gasteiger partial charge in [-0.05, 0) is 31.9 Å². The van der Waals surface area contributed by atoms with E-state index in [1.54, 1.807) is 0 Å². The standard InChI is InChI=1S/C14H13N3/c1-14(6-7-14)17-13-8-10(9-15)11-4-2-3-5-12(11)16-13/h2-5,8H,6-7H2,1H3,(H,16,17). The molecule has 0 amide bonds. The number of benzene rings is 1. The summed E-state index contributed by atoms with van der Waals surface area (Å²) in [7, 11) is 0. The van der Waals surface area contributed by atoms with Crippen molar-refractivity contribution in [1.29, 1.82) is 5.26 Å². The first-order valence-electron chi connectivity index (χ1n) is 5.78. The normalized spacial score (nSPS) is 16.5. The Balaban J connectivity index is 2.12. The molecule has 1 N–H and O–H groups in total. The Kier molecular flexibility index (Phi) is 2.05. The number of fused-ring (bicyclic) bond motifs is 1. The van der Waals surface area contributed by atoms with Gasteiger partial charge in [-0.15, -0.1) is 0 Å². The van der Waals surface area contributed by atoms with Crippen molar-refractivity contribution in [3.05, 3.63) is 35.9 Å². The van der Waals surface area contributed by atoms with Crippen molar-refractivity contribution in [3.63, 3.8) is 0 Å². The van der Waals surface area contributed by atoms with Gasteiger partial charge in [-0.25, -0.2) is 4.98 Å². The molecule has 0 aliphatic heterocycles. The molecule has 1 aliphatic carbocycles. The van der Waals surface area contributed by atoms with E-state index >= 15 is 0 Å². The highest BCUT2D eigenvalue weighted by Gasteiger charge is 2.37. The number of para-hydroxylation sites is 1. The van der Waals surface area contributed by atoms with Crippen molar-refractivity contribution >= 4 is 16.7 Å². The summed E-state index contributed by atoms with van der Waals surface area (Å²) < 4.78 is 0. The van der Waals surface area contributed by atoms with Crippen LogP contribution in [0.4, 0.5) is 5.82 Å². The molecule has 1 heterocycles. The van der Waals surface area contributed by atoms with Crippen molar-refractivity contribution in [1.82, 2.24) is 4.98 Å². The van der Waals surface area contributed by atoms with Crippen molar-refractivity contribution in [2.24, 2.45) is 0 Å². The lowest BCUT2D eigenvalue weighted by molar-refractivity contribution is 0.822. The number of aromatic nitrogens is 1. The molecule has 1 saturated carbocycles. The lowest BCUT2D eigenvalue weighted by Gasteiger charge is -2.13. The maximum absolute atomic E-state index is 9.17. The Labute approximate surface area is 100 Å². The van der Waals surface area contributed by atoms with E-state index in [0.717, 1.165) is 16.7 Å². The lowest BCUT2D eigenvalue weighted by atomic mass is 10.1. The first kappa shape index (κ1) is 10.1. The minimum atomic E-state index is 0.183. The molecule has 0 atom stereocenters. The summed E-state index contributed by atoms with van der Waals surface area (Å²) in [6, 6.07) is 11.8. The molecule has 0 radical (unpaired) electrons. The zero-order valence-electron chi connectivity index (χ0n) is 9.70. The second kappa shape index (κ2) is 3.46. The summed E-state index contributed by atoms with van der Waals surface area (Å²) in [6.45, 7) is 2.18. The van der Waals surface area contributed by atoms with Crippen molar-refractivity contribution in [3.8, 4) is 6.07 Å². The van der Waals surface area contributed by atoms with Crippen LogP contribution in [0.1, 0.15) is 25.3 Å². The highest BCUT2D eigenvalue weighted by atomic mass is 15.1. The summed E-state index contributed by atoms with van der Waals surface area (Å²) in [5.41, 5.74) is 1.74. The molecule has 1 aliphatic rings. The van der Waals surface area contributed by atoms with Gasteiger partial charge < -0.3 is 5.32 Å². The Morgan fingerprint density at radius 3 is 2.82 bits per heavy atom. The number of nitriles is 1. The van der Waals surface area contributed by atoms with Gasteiger partial charge in [-0.3, -0.25) is 0 Å². The summed E-state index contributed by atoms with van der Waals surface area (Å²) in [6.07, 6.45) is 2.34. The number of hydrogen-bond donors (Lipinski definition) is 1. The third-order valence-electron chi connectivity index (χ3n) is 3.27. The van der Waals surface area contributed by atoms with Crippen LogP contribution in [-0.4, -0.2) is 10.5 Å².